The molecule has 0 radical (unpaired) electrons. The highest BCUT2D eigenvalue weighted by Gasteiger charge is 2.14. The van der Waals surface area contributed by atoms with Gasteiger partial charge in [-0.25, -0.2) is 5.43 Å². The second kappa shape index (κ2) is 7.28. The number of aryl methyl sites for hydroxylation is 2. The normalized spacial score (nSPS) is 11.6. The van der Waals surface area contributed by atoms with E-state index < -0.39 is 21.1 Å². The van der Waals surface area contributed by atoms with Crippen LogP contribution in [0.3, 0.4) is 0 Å². The molecule has 8 nitrogen and oxygen atoms in total. The monoisotopic (exact) mass is 352 g/mol. The zero-order valence-corrected chi connectivity index (χ0v) is 13.8. The molecule has 0 saturated carbocycles. The van der Waals surface area contributed by atoms with E-state index >= 15 is 0 Å². The molecule has 0 aliphatic carbocycles. The molecule has 1 heterocycles. The van der Waals surface area contributed by atoms with Crippen molar-refractivity contribution < 1.29 is 26.9 Å². The quantitative estimate of drug-likeness (QED) is 0.464. The highest BCUT2D eigenvalue weighted by atomic mass is 32.2. The number of hydrogen-bond donors (Lipinski definition) is 2. The number of hydrazone groups is 1. The zero-order chi connectivity index (χ0) is 17.7. The van der Waals surface area contributed by atoms with Gasteiger partial charge < -0.3 is 9.15 Å². The van der Waals surface area contributed by atoms with Crippen molar-refractivity contribution in [1.29, 1.82) is 0 Å². The standard InChI is InChI=1S/C15H16N2O6S/c1-10-3-5-13(11(2)7-10)22-9-14(18)17-16-8-12-4-6-15(23-12)24(19,20)21/h3-8H,9H2,1-2H3,(H,17,18)(H,19,20,21)/b16-8-. The summed E-state index contributed by atoms with van der Waals surface area (Å²) in [5.74, 6) is 0.162. The van der Waals surface area contributed by atoms with Gasteiger partial charge in [-0.05, 0) is 37.6 Å². The maximum absolute atomic E-state index is 11.6. The Morgan fingerprint density at radius 3 is 2.71 bits per heavy atom. The van der Waals surface area contributed by atoms with Crippen LogP contribution < -0.4 is 10.2 Å². The first-order valence-electron chi connectivity index (χ1n) is 6.85. The first-order valence-corrected chi connectivity index (χ1v) is 8.29. The number of furan rings is 1. The highest BCUT2D eigenvalue weighted by Crippen LogP contribution is 2.18. The SMILES string of the molecule is Cc1ccc(OCC(=O)N/N=C\c2ccc(S(=O)(=O)O)o2)c(C)c1. The van der Waals surface area contributed by atoms with Gasteiger partial charge in [0.05, 0.1) is 6.21 Å². The van der Waals surface area contributed by atoms with Crippen LogP contribution in [-0.2, 0) is 14.9 Å². The number of nitrogens with one attached hydrogen (secondary N) is 1. The van der Waals surface area contributed by atoms with Crippen LogP contribution in [0.25, 0.3) is 0 Å². The Morgan fingerprint density at radius 1 is 1.33 bits per heavy atom. The minimum absolute atomic E-state index is 0.0539. The third-order valence-corrected chi connectivity index (χ3v) is 3.65. The molecule has 0 unspecified atom stereocenters. The first kappa shape index (κ1) is 17.7. The van der Waals surface area contributed by atoms with Crippen molar-refractivity contribution in [1.82, 2.24) is 5.43 Å². The Balaban J connectivity index is 1.85. The van der Waals surface area contributed by atoms with Gasteiger partial charge in [0.15, 0.2) is 6.61 Å². The Hall–Kier alpha value is -2.65. The molecule has 1 aromatic carbocycles. The van der Waals surface area contributed by atoms with Gasteiger partial charge in [-0.1, -0.05) is 17.7 Å². The minimum atomic E-state index is -4.41. The van der Waals surface area contributed by atoms with Crippen LogP contribution in [0, 0.1) is 13.8 Å². The van der Waals surface area contributed by atoms with Crippen LogP contribution in [0.5, 0.6) is 5.75 Å². The van der Waals surface area contributed by atoms with Crippen LogP contribution in [0.1, 0.15) is 16.9 Å². The van der Waals surface area contributed by atoms with Gasteiger partial charge in [-0.15, -0.1) is 0 Å². The van der Waals surface area contributed by atoms with E-state index in [1.807, 2.05) is 26.0 Å². The maximum Gasteiger partial charge on any atom is 0.328 e. The van der Waals surface area contributed by atoms with E-state index in [0.717, 1.165) is 23.4 Å². The number of carbonyl (C=O) groups is 1. The number of ether oxygens (including phenoxy) is 1. The lowest BCUT2D eigenvalue weighted by atomic mass is 10.1. The van der Waals surface area contributed by atoms with E-state index in [2.05, 4.69) is 10.5 Å². The molecule has 2 rings (SSSR count). The van der Waals surface area contributed by atoms with Gasteiger partial charge in [-0.3, -0.25) is 9.35 Å². The van der Waals surface area contributed by atoms with E-state index in [4.69, 9.17) is 13.7 Å². The summed E-state index contributed by atoms with van der Waals surface area (Å²) in [7, 11) is -4.41. The van der Waals surface area contributed by atoms with E-state index in [9.17, 15) is 13.2 Å². The Bertz CT molecular complexity index is 870. The summed E-state index contributed by atoms with van der Waals surface area (Å²) in [5, 5.41) is 3.01. The van der Waals surface area contributed by atoms with Crippen molar-refractivity contribution in [3.8, 4) is 5.75 Å². The molecule has 24 heavy (non-hydrogen) atoms. The van der Waals surface area contributed by atoms with Crippen molar-refractivity contribution in [3.63, 3.8) is 0 Å². The lowest BCUT2D eigenvalue weighted by Crippen LogP contribution is -2.24. The lowest BCUT2D eigenvalue weighted by Gasteiger charge is -2.08. The molecule has 0 aliphatic heterocycles. The van der Waals surface area contributed by atoms with Crippen LogP contribution in [-0.4, -0.2) is 31.7 Å². The summed E-state index contributed by atoms with van der Waals surface area (Å²) >= 11 is 0. The van der Waals surface area contributed by atoms with Crippen molar-refractivity contribution >= 4 is 22.2 Å². The fraction of sp³-hybridized carbons (Fsp3) is 0.200. The van der Waals surface area contributed by atoms with Crippen LogP contribution in [0.15, 0.2) is 44.9 Å². The first-order chi connectivity index (χ1) is 11.3. The van der Waals surface area contributed by atoms with Crippen LogP contribution in [0.4, 0.5) is 0 Å². The Labute approximate surface area is 138 Å². The van der Waals surface area contributed by atoms with Gasteiger partial charge in [0.2, 0.25) is 5.09 Å². The molecule has 9 heteroatoms. The molecule has 1 aromatic heterocycles. The minimum Gasteiger partial charge on any atom is -0.483 e. The van der Waals surface area contributed by atoms with Gasteiger partial charge in [0.25, 0.3) is 5.91 Å². The summed E-state index contributed by atoms with van der Waals surface area (Å²) in [6.07, 6.45) is 1.10. The van der Waals surface area contributed by atoms with Gasteiger partial charge in [-0.2, -0.15) is 13.5 Å². The highest BCUT2D eigenvalue weighted by molar-refractivity contribution is 7.85. The van der Waals surface area contributed by atoms with Crippen molar-refractivity contribution in [2.45, 2.75) is 18.9 Å². The molecule has 0 bridgehead atoms. The molecule has 0 saturated heterocycles. The average Bonchev–Trinajstić information content (AvgIpc) is 2.95. The Kier molecular flexibility index (Phi) is 5.37. The van der Waals surface area contributed by atoms with Crippen molar-refractivity contribution in [3.05, 3.63) is 47.2 Å². The second-order valence-corrected chi connectivity index (χ2v) is 6.34. The van der Waals surface area contributed by atoms with E-state index in [-0.39, 0.29) is 12.4 Å². The number of nitrogens with zero attached hydrogens (tertiary/aromatic N) is 1. The molecule has 2 aromatic rings. The fourth-order valence-electron chi connectivity index (χ4n) is 1.85. The van der Waals surface area contributed by atoms with Crippen LogP contribution in [0.2, 0.25) is 0 Å². The summed E-state index contributed by atoms with van der Waals surface area (Å²) in [6, 6.07) is 7.95. The number of amides is 1. The summed E-state index contributed by atoms with van der Waals surface area (Å²) in [6.45, 7) is 3.61. The molecule has 1 amide bonds. The summed E-state index contributed by atoms with van der Waals surface area (Å²) in [4.78, 5) is 11.6. The molecule has 128 valence electrons. The summed E-state index contributed by atoms with van der Waals surface area (Å²) in [5.41, 5.74) is 4.22. The molecule has 0 spiro atoms. The van der Waals surface area contributed by atoms with Gasteiger partial charge in [0, 0.05) is 0 Å². The van der Waals surface area contributed by atoms with Gasteiger partial charge >= 0.3 is 10.1 Å². The number of hydrogen-bond acceptors (Lipinski definition) is 6. The predicted octanol–water partition coefficient (Wildman–Crippen LogP) is 1.67. The smallest absolute Gasteiger partial charge is 0.328 e. The maximum atomic E-state index is 11.6. The van der Waals surface area contributed by atoms with Crippen molar-refractivity contribution in [2.24, 2.45) is 5.10 Å². The Morgan fingerprint density at radius 2 is 2.08 bits per heavy atom. The largest absolute Gasteiger partial charge is 0.483 e. The molecule has 0 fully saturated rings. The van der Waals surface area contributed by atoms with E-state index in [0.29, 0.717) is 5.75 Å². The number of benzene rings is 1. The average molecular weight is 352 g/mol. The predicted molar refractivity (Wildman–Crippen MR) is 85.7 cm³/mol. The third kappa shape index (κ3) is 4.93. The topological polar surface area (TPSA) is 118 Å². The second-order valence-electron chi connectivity index (χ2n) is 4.98. The van der Waals surface area contributed by atoms with E-state index in [1.54, 1.807) is 6.07 Å². The molecule has 0 aliphatic rings. The van der Waals surface area contributed by atoms with E-state index in [1.165, 1.54) is 6.07 Å². The molecular formula is C15H16N2O6S. The fourth-order valence-corrected chi connectivity index (χ4v) is 2.29. The summed E-state index contributed by atoms with van der Waals surface area (Å²) < 4.78 is 40.6. The molecule has 2 N–H and O–H groups in total. The number of rotatable bonds is 6. The van der Waals surface area contributed by atoms with Crippen LogP contribution >= 0.6 is 0 Å². The van der Waals surface area contributed by atoms with Crippen molar-refractivity contribution in [2.75, 3.05) is 6.61 Å². The zero-order valence-electron chi connectivity index (χ0n) is 13.0. The third-order valence-electron chi connectivity index (χ3n) is 2.93. The van der Waals surface area contributed by atoms with Gasteiger partial charge in [0.1, 0.15) is 11.5 Å². The lowest BCUT2D eigenvalue weighted by molar-refractivity contribution is -0.123. The molecule has 0 atom stereocenters. The number of carbonyl (C=O) groups excluding carboxylic acids is 1. The molecular weight excluding hydrogens is 336 g/mol.